The molecule has 0 amide bonds. The lowest BCUT2D eigenvalue weighted by Crippen LogP contribution is -2.26. The van der Waals surface area contributed by atoms with Crippen molar-refractivity contribution in [2.45, 2.75) is 26.2 Å². The van der Waals surface area contributed by atoms with Crippen LogP contribution in [0, 0.1) is 0 Å². The predicted molar refractivity (Wildman–Crippen MR) is 139 cm³/mol. The van der Waals surface area contributed by atoms with Gasteiger partial charge in [0, 0.05) is 13.1 Å². The van der Waals surface area contributed by atoms with E-state index in [0.717, 1.165) is 43.0 Å². The molecule has 0 unspecified atom stereocenters. The summed E-state index contributed by atoms with van der Waals surface area (Å²) >= 11 is 6.28. The van der Waals surface area contributed by atoms with E-state index in [1.165, 1.54) is 10.2 Å². The zero-order valence-corrected chi connectivity index (χ0v) is 21.3. The number of rotatable bonds is 14. The Morgan fingerprint density at radius 1 is 1.03 bits per heavy atom. The second kappa shape index (κ2) is 13.7. The Bertz CT molecular complexity index is 1120. The van der Waals surface area contributed by atoms with Gasteiger partial charge in [-0.1, -0.05) is 48.0 Å². The van der Waals surface area contributed by atoms with E-state index in [1.54, 1.807) is 20.4 Å². The molecule has 0 aliphatic rings. The first-order chi connectivity index (χ1) is 17.0. The summed E-state index contributed by atoms with van der Waals surface area (Å²) in [5.74, 6) is 1.48. The van der Waals surface area contributed by atoms with Gasteiger partial charge in [0.2, 0.25) is 0 Å². The molecule has 0 saturated carbocycles. The zero-order valence-electron chi connectivity index (χ0n) is 20.5. The quantitative estimate of drug-likeness (QED) is 0.334. The molecular formula is C26H33ClN4O4. The average molecular weight is 501 g/mol. The molecule has 1 aromatic heterocycles. The Hall–Kier alpha value is -3.07. The molecule has 8 nitrogen and oxygen atoms in total. The van der Waals surface area contributed by atoms with Crippen molar-refractivity contribution in [2.24, 2.45) is 0 Å². The van der Waals surface area contributed by atoms with Crippen LogP contribution >= 0.6 is 11.6 Å². The second-order valence-corrected chi connectivity index (χ2v) is 8.54. The lowest BCUT2D eigenvalue weighted by atomic mass is 10.1. The van der Waals surface area contributed by atoms with E-state index in [4.69, 9.17) is 25.8 Å². The van der Waals surface area contributed by atoms with E-state index >= 15 is 0 Å². The fraction of sp³-hybridized carbons (Fsp3) is 0.385. The van der Waals surface area contributed by atoms with Crippen LogP contribution in [0.5, 0.6) is 11.5 Å². The summed E-state index contributed by atoms with van der Waals surface area (Å²) in [7, 11) is 5.37. The molecule has 35 heavy (non-hydrogen) atoms. The number of ether oxygens (including phenoxy) is 3. The molecule has 9 heteroatoms. The third-order valence-corrected chi connectivity index (χ3v) is 5.94. The summed E-state index contributed by atoms with van der Waals surface area (Å²) in [6, 6.07) is 15.7. The highest BCUT2D eigenvalue weighted by Gasteiger charge is 2.10. The number of nitrogens with one attached hydrogen (secondary N) is 1. The summed E-state index contributed by atoms with van der Waals surface area (Å²) < 4.78 is 17.5. The maximum atomic E-state index is 12.5. The molecule has 0 aliphatic carbocycles. The van der Waals surface area contributed by atoms with Gasteiger partial charge in [0.25, 0.3) is 5.56 Å². The normalized spacial score (nSPS) is 11.0. The van der Waals surface area contributed by atoms with E-state index < -0.39 is 0 Å². The van der Waals surface area contributed by atoms with E-state index in [-0.39, 0.29) is 17.3 Å². The Balaban J connectivity index is 1.39. The van der Waals surface area contributed by atoms with Crippen LogP contribution in [0.2, 0.25) is 5.02 Å². The lowest BCUT2D eigenvalue weighted by Gasteiger charge is -2.17. The van der Waals surface area contributed by atoms with Crippen LogP contribution < -0.4 is 20.3 Å². The number of anilines is 1. The minimum atomic E-state index is -0.378. The summed E-state index contributed by atoms with van der Waals surface area (Å²) in [5, 5.41) is 7.51. The largest absolute Gasteiger partial charge is 0.493 e. The number of benzene rings is 2. The summed E-state index contributed by atoms with van der Waals surface area (Å²) in [5.41, 5.74) is 2.37. The third-order valence-electron chi connectivity index (χ3n) is 5.57. The Morgan fingerprint density at radius 2 is 1.80 bits per heavy atom. The molecular weight excluding hydrogens is 468 g/mol. The number of aromatic nitrogens is 2. The van der Waals surface area contributed by atoms with Gasteiger partial charge in [-0.2, -0.15) is 5.10 Å². The molecule has 0 aliphatic heterocycles. The molecule has 3 rings (SSSR count). The Morgan fingerprint density at radius 3 is 2.54 bits per heavy atom. The maximum Gasteiger partial charge on any atom is 0.289 e. The lowest BCUT2D eigenvalue weighted by molar-refractivity contribution is 0.0529. The number of nitrogens with zero attached hydrogens (tertiary/aromatic N) is 3. The number of methoxy groups -OCH3 is 2. The van der Waals surface area contributed by atoms with Crippen molar-refractivity contribution >= 4 is 17.3 Å². The van der Waals surface area contributed by atoms with Crippen molar-refractivity contribution < 1.29 is 14.2 Å². The van der Waals surface area contributed by atoms with Gasteiger partial charge in [-0.25, -0.2) is 4.68 Å². The highest BCUT2D eigenvalue weighted by molar-refractivity contribution is 6.32. The van der Waals surface area contributed by atoms with Crippen molar-refractivity contribution in [1.82, 2.24) is 14.7 Å². The van der Waals surface area contributed by atoms with Gasteiger partial charge < -0.3 is 24.4 Å². The van der Waals surface area contributed by atoms with Gasteiger partial charge in [0.15, 0.2) is 11.5 Å². The first kappa shape index (κ1) is 26.5. The Kier molecular flexibility index (Phi) is 10.4. The molecule has 2 aromatic carbocycles. The van der Waals surface area contributed by atoms with Crippen molar-refractivity contribution in [3.05, 3.63) is 81.2 Å². The number of halogens is 1. The van der Waals surface area contributed by atoms with Gasteiger partial charge >= 0.3 is 0 Å². The number of hydrogen-bond donors (Lipinski definition) is 1. The SMILES string of the molecule is COc1ccc(CCN(C)CCCNc2cnn(COCc3ccccc3)c(=O)c2Cl)cc1OC. The predicted octanol–water partition coefficient (Wildman–Crippen LogP) is 4.06. The summed E-state index contributed by atoms with van der Waals surface area (Å²) in [6.45, 7) is 2.92. The third kappa shape index (κ3) is 7.99. The van der Waals surface area contributed by atoms with Crippen LogP contribution in [0.4, 0.5) is 5.69 Å². The van der Waals surface area contributed by atoms with Crippen LogP contribution in [0.3, 0.4) is 0 Å². The van der Waals surface area contributed by atoms with Crippen molar-refractivity contribution in [2.75, 3.05) is 46.2 Å². The maximum absolute atomic E-state index is 12.5. The fourth-order valence-electron chi connectivity index (χ4n) is 3.54. The summed E-state index contributed by atoms with van der Waals surface area (Å²) in [4.78, 5) is 14.8. The van der Waals surface area contributed by atoms with Crippen LogP contribution in [-0.2, 0) is 24.5 Å². The first-order valence-electron chi connectivity index (χ1n) is 11.5. The zero-order chi connectivity index (χ0) is 25.0. The molecule has 188 valence electrons. The molecule has 0 bridgehead atoms. The van der Waals surface area contributed by atoms with Crippen LogP contribution in [0.25, 0.3) is 0 Å². The molecule has 0 fully saturated rings. The highest BCUT2D eigenvalue weighted by atomic mass is 35.5. The van der Waals surface area contributed by atoms with Crippen molar-refractivity contribution in [3.63, 3.8) is 0 Å². The minimum Gasteiger partial charge on any atom is -0.493 e. The molecule has 1 N–H and O–H groups in total. The average Bonchev–Trinajstić information content (AvgIpc) is 2.89. The van der Waals surface area contributed by atoms with Gasteiger partial charge in [0.05, 0.1) is 32.7 Å². The summed E-state index contributed by atoms with van der Waals surface area (Å²) in [6.07, 6.45) is 3.36. The van der Waals surface area contributed by atoms with Gasteiger partial charge in [-0.15, -0.1) is 0 Å². The molecule has 0 radical (unpaired) electrons. The monoisotopic (exact) mass is 500 g/mol. The number of likely N-dealkylation sites (N-methyl/N-ethyl adjacent to an activating group) is 1. The van der Waals surface area contributed by atoms with Crippen LogP contribution in [-0.4, -0.2) is 55.6 Å². The molecule has 0 atom stereocenters. The highest BCUT2D eigenvalue weighted by Crippen LogP contribution is 2.27. The first-order valence-corrected chi connectivity index (χ1v) is 11.9. The van der Waals surface area contributed by atoms with Gasteiger partial charge in [-0.3, -0.25) is 4.79 Å². The van der Waals surface area contributed by atoms with Crippen molar-refractivity contribution in [3.8, 4) is 11.5 Å². The molecule has 0 spiro atoms. The van der Waals surface area contributed by atoms with Gasteiger partial charge in [0.1, 0.15) is 11.8 Å². The van der Waals surface area contributed by atoms with Crippen LogP contribution in [0.1, 0.15) is 17.5 Å². The molecule has 3 aromatic rings. The smallest absolute Gasteiger partial charge is 0.289 e. The molecule has 0 saturated heterocycles. The second-order valence-electron chi connectivity index (χ2n) is 8.16. The van der Waals surface area contributed by atoms with E-state index in [9.17, 15) is 4.79 Å². The van der Waals surface area contributed by atoms with Crippen molar-refractivity contribution in [1.29, 1.82) is 0 Å². The van der Waals surface area contributed by atoms with Crippen LogP contribution in [0.15, 0.2) is 59.5 Å². The van der Waals surface area contributed by atoms with Gasteiger partial charge in [-0.05, 0) is 49.7 Å². The fourth-order valence-corrected chi connectivity index (χ4v) is 3.76. The standard InChI is InChI=1S/C26H33ClN4O4/c1-30(15-12-20-10-11-23(33-2)24(16-20)34-3)14-7-13-28-22-17-29-31(26(32)25(22)27)19-35-18-21-8-5-4-6-9-21/h4-6,8-11,16-17,28H,7,12-15,18-19H2,1-3H3. The van der Waals surface area contributed by atoms with E-state index in [2.05, 4.69) is 28.4 Å². The van der Waals surface area contributed by atoms with E-state index in [1.807, 2.05) is 42.5 Å². The topological polar surface area (TPSA) is 77.9 Å². The minimum absolute atomic E-state index is 0.0403. The number of hydrogen-bond acceptors (Lipinski definition) is 7. The Labute approximate surface area is 211 Å². The molecule has 1 heterocycles. The van der Waals surface area contributed by atoms with E-state index in [0.29, 0.717) is 18.8 Å².